The van der Waals surface area contributed by atoms with Gasteiger partial charge in [0.15, 0.2) is 11.7 Å². The quantitative estimate of drug-likeness (QED) is 0.433. The highest BCUT2D eigenvalue weighted by molar-refractivity contribution is 7.09. The van der Waals surface area contributed by atoms with Gasteiger partial charge < -0.3 is 20.9 Å². The molecule has 0 aliphatic rings. The van der Waals surface area contributed by atoms with E-state index < -0.39 is 11.9 Å². The second-order valence-electron chi connectivity index (χ2n) is 6.71. The number of guanidine groups is 1. The third kappa shape index (κ3) is 7.99. The van der Waals surface area contributed by atoms with Crippen LogP contribution in [0.5, 0.6) is 0 Å². The molecule has 7 nitrogen and oxygen atoms in total. The lowest BCUT2D eigenvalue weighted by atomic mass is 10.2. The van der Waals surface area contributed by atoms with Crippen LogP contribution in [0, 0.1) is 0 Å². The molecule has 2 rings (SSSR count). The number of anilines is 1. The summed E-state index contributed by atoms with van der Waals surface area (Å²) >= 11 is 0.987. The molecule has 1 heterocycles. The largest absolute Gasteiger partial charge is 0.434 e. The Bertz CT molecular complexity index is 866. The van der Waals surface area contributed by atoms with Crippen LogP contribution in [-0.2, 0) is 23.9 Å². The molecule has 0 aliphatic carbocycles. The van der Waals surface area contributed by atoms with Crippen molar-refractivity contribution in [1.29, 1.82) is 0 Å². The van der Waals surface area contributed by atoms with Gasteiger partial charge in [0.05, 0.1) is 11.6 Å². The summed E-state index contributed by atoms with van der Waals surface area (Å²) in [5.74, 6) is 0.420. The van der Waals surface area contributed by atoms with Gasteiger partial charge in [-0.3, -0.25) is 9.79 Å². The predicted molar refractivity (Wildman–Crippen MR) is 113 cm³/mol. The van der Waals surface area contributed by atoms with Crippen LogP contribution in [0.1, 0.15) is 16.3 Å². The molecule has 0 unspecified atom stereocenters. The maximum absolute atomic E-state index is 12.6. The Kier molecular flexibility index (Phi) is 8.60. The average molecular weight is 443 g/mol. The van der Waals surface area contributed by atoms with E-state index in [1.54, 1.807) is 11.9 Å². The maximum atomic E-state index is 12.6. The van der Waals surface area contributed by atoms with E-state index in [9.17, 15) is 18.0 Å². The SMILES string of the molecule is CN=C(NCCc1nc(C(F)(F)F)cs1)NCc1cccc(NC(=O)CN(C)C)c1. The Labute approximate surface area is 177 Å². The summed E-state index contributed by atoms with van der Waals surface area (Å²) in [7, 11) is 5.25. The van der Waals surface area contributed by atoms with E-state index in [0.717, 1.165) is 22.3 Å². The number of hydrogen-bond acceptors (Lipinski definition) is 5. The molecular formula is C19H25F3N6OS. The molecular weight excluding hydrogens is 417 g/mol. The molecule has 0 saturated heterocycles. The van der Waals surface area contributed by atoms with Gasteiger partial charge in [-0.1, -0.05) is 12.1 Å². The predicted octanol–water partition coefficient (Wildman–Crippen LogP) is 2.57. The smallest absolute Gasteiger partial charge is 0.356 e. The minimum Gasteiger partial charge on any atom is -0.356 e. The minimum absolute atomic E-state index is 0.0987. The number of nitrogens with one attached hydrogen (secondary N) is 3. The molecule has 11 heteroatoms. The fraction of sp³-hybridized carbons (Fsp3) is 0.421. The normalized spacial score (nSPS) is 12.2. The lowest BCUT2D eigenvalue weighted by molar-refractivity contribution is -0.140. The summed E-state index contributed by atoms with van der Waals surface area (Å²) < 4.78 is 37.8. The van der Waals surface area contributed by atoms with Crippen LogP contribution in [0.2, 0.25) is 0 Å². The highest BCUT2D eigenvalue weighted by Crippen LogP contribution is 2.29. The number of carbonyl (C=O) groups is 1. The number of rotatable bonds is 8. The Morgan fingerprint density at radius 1 is 1.27 bits per heavy atom. The molecule has 0 spiro atoms. The zero-order valence-electron chi connectivity index (χ0n) is 17.0. The van der Waals surface area contributed by atoms with Gasteiger partial charge in [0, 0.05) is 37.6 Å². The van der Waals surface area contributed by atoms with Gasteiger partial charge >= 0.3 is 6.18 Å². The van der Waals surface area contributed by atoms with Crippen molar-refractivity contribution in [3.05, 3.63) is 45.9 Å². The Morgan fingerprint density at radius 3 is 2.67 bits per heavy atom. The first-order valence-corrected chi connectivity index (χ1v) is 10.0. The zero-order valence-corrected chi connectivity index (χ0v) is 17.8. The fourth-order valence-electron chi connectivity index (χ4n) is 2.50. The lowest BCUT2D eigenvalue weighted by Gasteiger charge is -2.13. The zero-order chi connectivity index (χ0) is 22.1. The van der Waals surface area contributed by atoms with Crippen LogP contribution in [0.3, 0.4) is 0 Å². The van der Waals surface area contributed by atoms with Crippen LogP contribution >= 0.6 is 11.3 Å². The fourth-order valence-corrected chi connectivity index (χ4v) is 3.30. The topological polar surface area (TPSA) is 81.6 Å². The van der Waals surface area contributed by atoms with Crippen molar-refractivity contribution in [2.45, 2.75) is 19.1 Å². The number of thiazole rings is 1. The molecule has 1 aromatic carbocycles. The van der Waals surface area contributed by atoms with E-state index in [2.05, 4.69) is 25.9 Å². The molecule has 0 saturated carbocycles. The Morgan fingerprint density at radius 2 is 2.03 bits per heavy atom. The molecule has 2 aromatic rings. The van der Waals surface area contributed by atoms with Crippen LogP contribution in [-0.4, -0.2) is 56.0 Å². The Balaban J connectivity index is 1.80. The maximum Gasteiger partial charge on any atom is 0.434 e. The molecule has 164 valence electrons. The van der Waals surface area contributed by atoms with Gasteiger partial charge in [-0.05, 0) is 31.8 Å². The number of likely N-dealkylation sites (N-methyl/N-ethyl adjacent to an activating group) is 1. The van der Waals surface area contributed by atoms with E-state index in [4.69, 9.17) is 0 Å². The first kappa shape index (κ1) is 23.6. The molecule has 1 aromatic heterocycles. The van der Waals surface area contributed by atoms with Crippen LogP contribution in [0.25, 0.3) is 0 Å². The molecule has 0 fully saturated rings. The molecule has 0 atom stereocenters. The minimum atomic E-state index is -4.42. The second-order valence-corrected chi connectivity index (χ2v) is 7.66. The summed E-state index contributed by atoms with van der Waals surface area (Å²) in [6.45, 7) is 1.15. The van der Waals surface area contributed by atoms with Crippen molar-refractivity contribution in [2.75, 3.05) is 39.5 Å². The number of benzene rings is 1. The van der Waals surface area contributed by atoms with Gasteiger partial charge in [-0.15, -0.1) is 11.3 Å². The highest BCUT2D eigenvalue weighted by Gasteiger charge is 2.33. The van der Waals surface area contributed by atoms with Gasteiger partial charge in [-0.25, -0.2) is 4.98 Å². The van der Waals surface area contributed by atoms with E-state index in [-0.39, 0.29) is 5.91 Å². The second kappa shape index (κ2) is 10.9. The molecule has 30 heavy (non-hydrogen) atoms. The number of carbonyl (C=O) groups excluding carboxylic acids is 1. The summed E-state index contributed by atoms with van der Waals surface area (Å²) in [5.41, 5.74) is 0.784. The molecule has 0 radical (unpaired) electrons. The van der Waals surface area contributed by atoms with Crippen LogP contribution < -0.4 is 16.0 Å². The summed E-state index contributed by atoms with van der Waals surface area (Å²) in [4.78, 5) is 21.4. The highest BCUT2D eigenvalue weighted by atomic mass is 32.1. The number of aliphatic imine (C=N–C) groups is 1. The summed E-state index contributed by atoms with van der Waals surface area (Å²) in [6, 6.07) is 7.44. The third-order valence-electron chi connectivity index (χ3n) is 3.83. The number of aromatic nitrogens is 1. The summed E-state index contributed by atoms with van der Waals surface area (Å²) in [6.07, 6.45) is -4.06. The van der Waals surface area contributed by atoms with E-state index in [1.165, 1.54) is 0 Å². The van der Waals surface area contributed by atoms with E-state index in [1.807, 2.05) is 38.4 Å². The van der Waals surface area contributed by atoms with Crippen molar-refractivity contribution >= 4 is 28.9 Å². The van der Waals surface area contributed by atoms with Gasteiger partial charge in [0.25, 0.3) is 0 Å². The molecule has 0 bridgehead atoms. The van der Waals surface area contributed by atoms with Crippen LogP contribution in [0.4, 0.5) is 18.9 Å². The van der Waals surface area contributed by atoms with Crippen LogP contribution in [0.15, 0.2) is 34.6 Å². The number of alkyl halides is 3. The van der Waals surface area contributed by atoms with Crippen molar-refractivity contribution in [3.63, 3.8) is 0 Å². The Hall–Kier alpha value is -2.66. The molecule has 1 amide bonds. The van der Waals surface area contributed by atoms with E-state index >= 15 is 0 Å². The average Bonchev–Trinajstić information content (AvgIpc) is 3.13. The van der Waals surface area contributed by atoms with Gasteiger partial charge in [0.2, 0.25) is 5.91 Å². The monoisotopic (exact) mass is 442 g/mol. The standard InChI is InChI=1S/C19H25F3N6OS/c1-23-18(24-8-7-17-27-15(12-30-17)19(20,21)22)25-10-13-5-4-6-14(9-13)26-16(29)11-28(2)3/h4-6,9,12H,7-8,10-11H2,1-3H3,(H,26,29)(H2,23,24,25). The summed E-state index contributed by atoms with van der Waals surface area (Å²) in [5, 5.41) is 10.5. The van der Waals surface area contributed by atoms with Gasteiger partial charge in [-0.2, -0.15) is 13.2 Å². The first-order valence-electron chi connectivity index (χ1n) is 9.17. The third-order valence-corrected chi connectivity index (χ3v) is 4.74. The number of nitrogens with zero attached hydrogens (tertiary/aromatic N) is 3. The lowest BCUT2D eigenvalue weighted by Crippen LogP contribution is -2.37. The number of hydrogen-bond donors (Lipinski definition) is 3. The van der Waals surface area contributed by atoms with Crippen molar-refractivity contribution in [3.8, 4) is 0 Å². The number of amides is 1. The van der Waals surface area contributed by atoms with Crippen molar-refractivity contribution in [2.24, 2.45) is 4.99 Å². The van der Waals surface area contributed by atoms with Crippen molar-refractivity contribution < 1.29 is 18.0 Å². The molecule has 3 N–H and O–H groups in total. The van der Waals surface area contributed by atoms with E-state index in [0.29, 0.717) is 42.7 Å². The molecule has 0 aliphatic heterocycles. The van der Waals surface area contributed by atoms with Gasteiger partial charge in [0.1, 0.15) is 0 Å². The van der Waals surface area contributed by atoms with Crippen molar-refractivity contribution in [1.82, 2.24) is 20.5 Å². The number of halogens is 3. The first-order chi connectivity index (χ1) is 14.2.